The van der Waals surface area contributed by atoms with Crippen molar-refractivity contribution in [2.75, 3.05) is 32.5 Å². The van der Waals surface area contributed by atoms with Crippen LogP contribution in [0.2, 0.25) is 0 Å². The van der Waals surface area contributed by atoms with Crippen molar-refractivity contribution in [1.82, 2.24) is 9.88 Å². The molecule has 0 aliphatic heterocycles. The van der Waals surface area contributed by atoms with Gasteiger partial charge in [-0.05, 0) is 45.6 Å². The fourth-order valence-corrected chi connectivity index (χ4v) is 2.36. The summed E-state index contributed by atoms with van der Waals surface area (Å²) in [5.41, 5.74) is 2.03. The van der Waals surface area contributed by atoms with E-state index >= 15 is 0 Å². The second kappa shape index (κ2) is 7.87. The third-order valence-corrected chi connectivity index (χ3v) is 3.57. The maximum absolute atomic E-state index is 11.8. The van der Waals surface area contributed by atoms with Crippen LogP contribution in [-0.4, -0.2) is 49.1 Å². The molecule has 0 aliphatic rings. The van der Waals surface area contributed by atoms with Crippen LogP contribution in [0, 0.1) is 0 Å². The number of nitrogens with one attached hydrogen (secondary N) is 1. The fraction of sp³-hybridized carbons (Fsp3) is 0.471. The van der Waals surface area contributed by atoms with Crippen LogP contribution in [0.5, 0.6) is 0 Å². The van der Waals surface area contributed by atoms with Gasteiger partial charge < -0.3 is 14.6 Å². The largest absolute Gasteiger partial charge is 0.440 e. The number of oxazole rings is 1. The maximum Gasteiger partial charge on any atom is 0.229 e. The summed E-state index contributed by atoms with van der Waals surface area (Å²) in [6, 6.07) is 3.52. The number of benzene rings is 1. The quantitative estimate of drug-likeness (QED) is 0.331. The van der Waals surface area contributed by atoms with Crippen molar-refractivity contribution >= 4 is 28.9 Å². The molecule has 23 heavy (non-hydrogen) atoms. The Bertz CT molecular complexity index is 692. The molecule has 0 radical (unpaired) electrons. The Balaban J connectivity index is 2.16. The Morgan fingerprint density at radius 3 is 2.78 bits per heavy atom. The summed E-state index contributed by atoms with van der Waals surface area (Å²) < 4.78 is 5.57. The van der Waals surface area contributed by atoms with Crippen LogP contribution < -0.4 is 5.32 Å². The van der Waals surface area contributed by atoms with Crippen molar-refractivity contribution < 1.29 is 14.0 Å². The monoisotopic (exact) mass is 317 g/mol. The molecule has 0 atom stereocenters. The smallest absolute Gasteiger partial charge is 0.229 e. The molecule has 2 rings (SSSR count). The van der Waals surface area contributed by atoms with Crippen molar-refractivity contribution in [2.45, 2.75) is 26.2 Å². The van der Waals surface area contributed by atoms with E-state index in [0.29, 0.717) is 29.7 Å². The minimum absolute atomic E-state index is 0.264. The number of nitrogens with zero attached hydrogens (tertiary/aromatic N) is 2. The Morgan fingerprint density at radius 2 is 2.13 bits per heavy atom. The molecule has 1 aromatic carbocycles. The van der Waals surface area contributed by atoms with Gasteiger partial charge in [-0.1, -0.05) is 6.92 Å². The topological polar surface area (TPSA) is 75.4 Å². The number of aryl methyl sites for hydroxylation is 1. The van der Waals surface area contributed by atoms with Crippen LogP contribution in [0.4, 0.5) is 5.69 Å². The van der Waals surface area contributed by atoms with E-state index in [1.54, 1.807) is 6.07 Å². The van der Waals surface area contributed by atoms with Crippen LogP contribution in [-0.2, 0) is 11.2 Å². The van der Waals surface area contributed by atoms with Gasteiger partial charge in [0.2, 0.25) is 5.78 Å². The lowest BCUT2D eigenvalue weighted by molar-refractivity contribution is -0.104. The second-order valence-corrected chi connectivity index (χ2v) is 5.75. The number of carbonyl (C=O) groups excluding carboxylic acids is 2. The molecule has 124 valence electrons. The minimum atomic E-state index is -0.593. The molecule has 6 nitrogen and oxygen atoms in total. The first kappa shape index (κ1) is 17.1. The molecule has 0 fully saturated rings. The summed E-state index contributed by atoms with van der Waals surface area (Å²) in [6.07, 6.45) is 3.05. The van der Waals surface area contributed by atoms with E-state index in [0.717, 1.165) is 31.6 Å². The first-order valence-electron chi connectivity index (χ1n) is 7.86. The molecule has 1 heterocycles. The molecule has 0 saturated carbocycles. The zero-order valence-corrected chi connectivity index (χ0v) is 13.9. The number of anilines is 1. The predicted octanol–water partition coefficient (Wildman–Crippen LogP) is 2.53. The standard InChI is InChI=1S/C17H23N3O3/c1-4-16-19-14-10-12(18-7-5-6-8-20(2)3)9-13(15(22)11-21)17(14)23-16/h9-11,18H,4-8H2,1-3H3. The minimum Gasteiger partial charge on any atom is -0.440 e. The lowest BCUT2D eigenvalue weighted by Crippen LogP contribution is -2.14. The molecule has 1 N–H and O–H groups in total. The van der Waals surface area contributed by atoms with Crippen molar-refractivity contribution in [2.24, 2.45) is 0 Å². The zero-order valence-electron chi connectivity index (χ0n) is 13.9. The number of Topliss-reactive ketones (excluding diaryl/α,β-unsaturated/α-hetero) is 1. The molecular weight excluding hydrogens is 294 g/mol. The first-order chi connectivity index (χ1) is 11.0. The van der Waals surface area contributed by atoms with Gasteiger partial charge in [0, 0.05) is 18.7 Å². The van der Waals surface area contributed by atoms with Crippen LogP contribution in [0.15, 0.2) is 16.5 Å². The van der Waals surface area contributed by atoms with Crippen LogP contribution >= 0.6 is 0 Å². The normalized spacial score (nSPS) is 11.1. The van der Waals surface area contributed by atoms with E-state index < -0.39 is 5.78 Å². The van der Waals surface area contributed by atoms with Crippen LogP contribution in [0.25, 0.3) is 11.1 Å². The van der Waals surface area contributed by atoms with Gasteiger partial charge in [-0.25, -0.2) is 4.98 Å². The van der Waals surface area contributed by atoms with Crippen molar-refractivity contribution in [3.8, 4) is 0 Å². The summed E-state index contributed by atoms with van der Waals surface area (Å²) in [5, 5.41) is 3.29. The van der Waals surface area contributed by atoms with Gasteiger partial charge in [-0.15, -0.1) is 0 Å². The van der Waals surface area contributed by atoms with Gasteiger partial charge >= 0.3 is 0 Å². The fourth-order valence-electron chi connectivity index (χ4n) is 2.36. The average molecular weight is 317 g/mol. The SMILES string of the molecule is CCc1nc2cc(NCCCCN(C)C)cc(C(=O)C=O)c2o1. The zero-order chi connectivity index (χ0) is 16.8. The molecule has 0 unspecified atom stereocenters. The van der Waals surface area contributed by atoms with E-state index in [4.69, 9.17) is 4.42 Å². The van der Waals surface area contributed by atoms with Crippen LogP contribution in [0.1, 0.15) is 36.0 Å². The molecule has 2 aromatic rings. The van der Waals surface area contributed by atoms with Gasteiger partial charge in [0.1, 0.15) is 5.52 Å². The summed E-state index contributed by atoms with van der Waals surface area (Å²) in [5.74, 6) is -0.0341. The second-order valence-electron chi connectivity index (χ2n) is 5.75. The Hall–Kier alpha value is -2.21. The highest BCUT2D eigenvalue weighted by Gasteiger charge is 2.16. The average Bonchev–Trinajstić information content (AvgIpc) is 2.95. The van der Waals surface area contributed by atoms with E-state index in [1.165, 1.54) is 0 Å². The third kappa shape index (κ3) is 4.39. The van der Waals surface area contributed by atoms with Gasteiger partial charge in [0.25, 0.3) is 0 Å². The molecule has 0 bridgehead atoms. The lowest BCUT2D eigenvalue weighted by Gasteiger charge is -2.10. The van der Waals surface area contributed by atoms with E-state index in [2.05, 4.69) is 29.3 Å². The van der Waals surface area contributed by atoms with Crippen molar-refractivity contribution in [3.05, 3.63) is 23.6 Å². The predicted molar refractivity (Wildman–Crippen MR) is 90.1 cm³/mol. The number of aldehydes is 1. The molecular formula is C17H23N3O3. The van der Waals surface area contributed by atoms with Crippen LogP contribution in [0.3, 0.4) is 0 Å². The number of aromatic nitrogens is 1. The number of unbranched alkanes of at least 4 members (excludes halogenated alkanes) is 1. The highest BCUT2D eigenvalue weighted by atomic mass is 16.3. The van der Waals surface area contributed by atoms with Gasteiger partial charge in [-0.3, -0.25) is 9.59 Å². The number of rotatable bonds is 9. The molecule has 0 aliphatic carbocycles. The number of fused-ring (bicyclic) bond motifs is 1. The van der Waals surface area contributed by atoms with Gasteiger partial charge in [0.05, 0.1) is 5.56 Å². The number of ketones is 1. The van der Waals surface area contributed by atoms with E-state index in [-0.39, 0.29) is 5.56 Å². The number of carbonyl (C=O) groups is 2. The summed E-state index contributed by atoms with van der Waals surface area (Å²) in [4.78, 5) is 29.2. The Morgan fingerprint density at radius 1 is 1.35 bits per heavy atom. The third-order valence-electron chi connectivity index (χ3n) is 3.57. The van der Waals surface area contributed by atoms with Crippen molar-refractivity contribution in [3.63, 3.8) is 0 Å². The number of hydrogen-bond acceptors (Lipinski definition) is 6. The Kier molecular flexibility index (Phi) is 5.87. The number of hydrogen-bond donors (Lipinski definition) is 1. The van der Waals surface area contributed by atoms with E-state index in [1.807, 2.05) is 13.0 Å². The molecule has 0 saturated heterocycles. The summed E-state index contributed by atoms with van der Waals surface area (Å²) >= 11 is 0. The van der Waals surface area contributed by atoms with Gasteiger partial charge in [0.15, 0.2) is 17.8 Å². The lowest BCUT2D eigenvalue weighted by atomic mass is 10.1. The molecule has 0 amide bonds. The molecule has 1 aromatic heterocycles. The Labute approximate surface area is 135 Å². The highest BCUT2D eigenvalue weighted by Crippen LogP contribution is 2.25. The summed E-state index contributed by atoms with van der Waals surface area (Å²) in [6.45, 7) is 3.77. The van der Waals surface area contributed by atoms with Crippen molar-refractivity contribution in [1.29, 1.82) is 0 Å². The molecule has 0 spiro atoms. The molecule has 6 heteroatoms. The first-order valence-corrected chi connectivity index (χ1v) is 7.86. The highest BCUT2D eigenvalue weighted by molar-refractivity contribution is 6.36. The maximum atomic E-state index is 11.8. The van der Waals surface area contributed by atoms with E-state index in [9.17, 15) is 9.59 Å². The summed E-state index contributed by atoms with van der Waals surface area (Å²) in [7, 11) is 4.10. The van der Waals surface area contributed by atoms with Gasteiger partial charge in [-0.2, -0.15) is 0 Å².